The van der Waals surface area contributed by atoms with Crippen molar-refractivity contribution in [3.8, 4) is 0 Å². The average molecular weight is 313 g/mol. The maximum atomic E-state index is 12.0. The number of carboxylic acids is 1. The van der Waals surface area contributed by atoms with Gasteiger partial charge in [0.15, 0.2) is 9.84 Å². The van der Waals surface area contributed by atoms with E-state index in [1.54, 1.807) is 19.1 Å². The van der Waals surface area contributed by atoms with Crippen LogP contribution in [0.3, 0.4) is 0 Å². The zero-order valence-corrected chi connectivity index (χ0v) is 13.0. The Morgan fingerprint density at radius 2 is 1.76 bits per heavy atom. The summed E-state index contributed by atoms with van der Waals surface area (Å²) in [6, 6.07) is 6.04. The van der Waals surface area contributed by atoms with Crippen LogP contribution in [0, 0.1) is 0 Å². The average Bonchev–Trinajstić information content (AvgIpc) is 2.37. The molecule has 0 aromatic heterocycles. The number of carbonyl (C=O) groups is 2. The largest absolute Gasteiger partial charge is 0.480 e. The molecule has 0 bridgehead atoms. The van der Waals surface area contributed by atoms with Crippen LogP contribution in [0.4, 0.5) is 0 Å². The summed E-state index contributed by atoms with van der Waals surface area (Å²) in [6.07, 6.45) is 1.38. The highest BCUT2D eigenvalue weighted by molar-refractivity contribution is 7.89. The van der Waals surface area contributed by atoms with E-state index in [1.165, 1.54) is 19.1 Å². The minimum absolute atomic E-state index is 0.100. The van der Waals surface area contributed by atoms with Crippen LogP contribution < -0.4 is 5.32 Å². The number of rotatable bonds is 6. The van der Waals surface area contributed by atoms with E-state index >= 15 is 0 Å². The summed E-state index contributed by atoms with van der Waals surface area (Å²) in [5.74, 6) is -1.71. The second kappa shape index (κ2) is 6.26. The Hall–Kier alpha value is -1.89. The molecule has 0 saturated carbocycles. The number of aliphatic carboxylic acids is 1. The Balaban J connectivity index is 2.87. The third-order valence-corrected chi connectivity index (χ3v) is 4.07. The van der Waals surface area contributed by atoms with Gasteiger partial charge >= 0.3 is 5.97 Å². The van der Waals surface area contributed by atoms with Gasteiger partial charge in [-0.3, -0.25) is 4.79 Å². The molecule has 6 nitrogen and oxygen atoms in total. The Labute approximate surface area is 124 Å². The zero-order valence-electron chi connectivity index (χ0n) is 12.2. The minimum Gasteiger partial charge on any atom is -0.480 e. The van der Waals surface area contributed by atoms with Crippen molar-refractivity contribution in [2.45, 2.75) is 31.6 Å². The van der Waals surface area contributed by atoms with Gasteiger partial charge in [0.1, 0.15) is 5.54 Å². The van der Waals surface area contributed by atoms with Crippen LogP contribution >= 0.6 is 0 Å². The highest BCUT2D eigenvalue weighted by atomic mass is 32.2. The van der Waals surface area contributed by atoms with Crippen molar-refractivity contribution in [1.29, 1.82) is 0 Å². The molecule has 1 unspecified atom stereocenters. The van der Waals surface area contributed by atoms with Gasteiger partial charge in [-0.05, 0) is 31.0 Å². The third-order valence-electron chi connectivity index (χ3n) is 3.21. The number of amides is 1. The molecule has 0 heterocycles. The molecule has 116 valence electrons. The smallest absolute Gasteiger partial charge is 0.329 e. The number of hydrogen-bond donors (Lipinski definition) is 2. The summed E-state index contributed by atoms with van der Waals surface area (Å²) in [6.45, 7) is 3.11. The lowest BCUT2D eigenvalue weighted by Gasteiger charge is -2.24. The van der Waals surface area contributed by atoms with Crippen LogP contribution in [0.1, 0.15) is 36.2 Å². The Bertz CT molecular complexity index is 636. The lowest BCUT2D eigenvalue weighted by Crippen LogP contribution is -2.51. The Morgan fingerprint density at radius 3 is 2.14 bits per heavy atom. The van der Waals surface area contributed by atoms with Crippen LogP contribution in [0.25, 0.3) is 0 Å². The lowest BCUT2D eigenvalue weighted by atomic mass is 9.98. The van der Waals surface area contributed by atoms with Crippen molar-refractivity contribution < 1.29 is 23.1 Å². The second-order valence-electron chi connectivity index (χ2n) is 5.21. The molecular weight excluding hydrogens is 294 g/mol. The number of benzene rings is 1. The van der Waals surface area contributed by atoms with Crippen LogP contribution in [0.15, 0.2) is 24.3 Å². The predicted octanol–water partition coefficient (Wildman–Crippen LogP) is 1.21. The number of sulfone groups is 1. The quantitative estimate of drug-likeness (QED) is 0.822. The first-order valence-corrected chi connectivity index (χ1v) is 8.46. The van der Waals surface area contributed by atoms with Crippen LogP contribution in [-0.2, 0) is 20.4 Å². The van der Waals surface area contributed by atoms with Gasteiger partial charge in [0.25, 0.3) is 5.91 Å². The molecule has 0 fully saturated rings. The topological polar surface area (TPSA) is 101 Å². The van der Waals surface area contributed by atoms with Gasteiger partial charge in [0, 0.05) is 11.8 Å². The summed E-state index contributed by atoms with van der Waals surface area (Å²) in [5, 5.41) is 11.6. The van der Waals surface area contributed by atoms with Gasteiger partial charge in [-0.2, -0.15) is 0 Å². The van der Waals surface area contributed by atoms with Crippen molar-refractivity contribution in [3.05, 3.63) is 35.4 Å². The number of carboxylic acid groups (broad SMARTS) is 1. The molecule has 0 aliphatic rings. The lowest BCUT2D eigenvalue weighted by molar-refractivity contribution is -0.143. The van der Waals surface area contributed by atoms with Gasteiger partial charge in [0.2, 0.25) is 0 Å². The van der Waals surface area contributed by atoms with Gasteiger partial charge in [-0.15, -0.1) is 0 Å². The molecule has 0 spiro atoms. The van der Waals surface area contributed by atoms with Gasteiger partial charge in [0.05, 0.1) is 5.75 Å². The molecule has 1 atom stereocenters. The molecular formula is C14H19NO5S. The third kappa shape index (κ3) is 4.86. The van der Waals surface area contributed by atoms with Crippen LogP contribution in [0.2, 0.25) is 0 Å². The summed E-state index contributed by atoms with van der Waals surface area (Å²) < 4.78 is 22.4. The molecule has 21 heavy (non-hydrogen) atoms. The number of hydrogen-bond acceptors (Lipinski definition) is 4. The summed E-state index contributed by atoms with van der Waals surface area (Å²) in [7, 11) is -3.13. The monoisotopic (exact) mass is 313 g/mol. The van der Waals surface area contributed by atoms with E-state index in [1.807, 2.05) is 0 Å². The van der Waals surface area contributed by atoms with E-state index in [9.17, 15) is 18.0 Å². The summed E-state index contributed by atoms with van der Waals surface area (Å²) >= 11 is 0. The molecule has 2 N–H and O–H groups in total. The van der Waals surface area contributed by atoms with E-state index in [0.717, 1.165) is 6.26 Å². The number of carbonyl (C=O) groups excluding carboxylic acids is 1. The molecule has 0 saturated heterocycles. The molecule has 0 radical (unpaired) electrons. The molecule has 1 amide bonds. The molecule has 1 rings (SSSR count). The maximum Gasteiger partial charge on any atom is 0.329 e. The van der Waals surface area contributed by atoms with Crippen molar-refractivity contribution in [2.75, 3.05) is 6.26 Å². The van der Waals surface area contributed by atoms with Crippen molar-refractivity contribution in [3.63, 3.8) is 0 Å². The summed E-state index contributed by atoms with van der Waals surface area (Å²) in [4.78, 5) is 23.2. The Morgan fingerprint density at radius 1 is 1.24 bits per heavy atom. The molecule has 0 aliphatic heterocycles. The standard InChI is InChI=1S/C14H19NO5S/c1-4-14(2,13(17)18)15-12(16)11-7-5-10(6-8-11)9-21(3,19)20/h5-8H,4,9H2,1-3H3,(H,15,16)(H,17,18). The van der Waals surface area contributed by atoms with Crippen molar-refractivity contribution >= 4 is 21.7 Å². The predicted molar refractivity (Wildman–Crippen MR) is 78.8 cm³/mol. The van der Waals surface area contributed by atoms with E-state index in [2.05, 4.69) is 5.32 Å². The van der Waals surface area contributed by atoms with Gasteiger partial charge in [-0.25, -0.2) is 13.2 Å². The normalized spacial score (nSPS) is 14.2. The fourth-order valence-electron chi connectivity index (χ4n) is 1.67. The first kappa shape index (κ1) is 17.2. The molecule has 7 heteroatoms. The maximum absolute atomic E-state index is 12.0. The van der Waals surface area contributed by atoms with E-state index in [0.29, 0.717) is 5.56 Å². The first-order chi connectivity index (χ1) is 9.57. The van der Waals surface area contributed by atoms with E-state index in [4.69, 9.17) is 5.11 Å². The van der Waals surface area contributed by atoms with E-state index in [-0.39, 0.29) is 17.7 Å². The van der Waals surface area contributed by atoms with Crippen molar-refractivity contribution in [1.82, 2.24) is 5.32 Å². The highest BCUT2D eigenvalue weighted by Gasteiger charge is 2.32. The fourth-order valence-corrected chi connectivity index (χ4v) is 2.47. The molecule has 0 aliphatic carbocycles. The van der Waals surface area contributed by atoms with Gasteiger partial charge < -0.3 is 10.4 Å². The minimum atomic E-state index is -3.13. The van der Waals surface area contributed by atoms with Crippen molar-refractivity contribution in [2.24, 2.45) is 0 Å². The highest BCUT2D eigenvalue weighted by Crippen LogP contribution is 2.13. The van der Waals surface area contributed by atoms with Crippen LogP contribution in [0.5, 0.6) is 0 Å². The first-order valence-electron chi connectivity index (χ1n) is 6.40. The number of nitrogens with one attached hydrogen (secondary N) is 1. The molecule has 1 aromatic rings. The van der Waals surface area contributed by atoms with Crippen LogP contribution in [-0.4, -0.2) is 37.2 Å². The fraction of sp³-hybridized carbons (Fsp3) is 0.429. The SMILES string of the molecule is CCC(C)(NC(=O)c1ccc(CS(C)(=O)=O)cc1)C(=O)O. The summed E-state index contributed by atoms with van der Waals surface area (Å²) in [5.41, 5.74) is -0.471. The Kier molecular flexibility index (Phi) is 5.11. The second-order valence-corrected chi connectivity index (χ2v) is 7.35. The van der Waals surface area contributed by atoms with Gasteiger partial charge in [-0.1, -0.05) is 19.1 Å². The molecule has 1 aromatic carbocycles. The van der Waals surface area contributed by atoms with E-state index < -0.39 is 27.3 Å². The zero-order chi connectivity index (χ0) is 16.3.